The van der Waals surface area contributed by atoms with Crippen molar-refractivity contribution in [3.8, 4) is 0 Å². The number of halogens is 1. The van der Waals surface area contributed by atoms with E-state index in [4.69, 9.17) is 11.6 Å². The average Bonchev–Trinajstić information content (AvgIpc) is 2.85. The summed E-state index contributed by atoms with van der Waals surface area (Å²) in [6.07, 6.45) is 38.5. The van der Waals surface area contributed by atoms with Gasteiger partial charge in [0.2, 0.25) is 0 Å². The van der Waals surface area contributed by atoms with E-state index in [-0.39, 0.29) is 0 Å². The molecule has 0 saturated heterocycles. The van der Waals surface area contributed by atoms with Gasteiger partial charge in [-0.15, -0.1) is 0 Å². The summed E-state index contributed by atoms with van der Waals surface area (Å²) in [5.74, 6) is 0. The largest absolute Gasteiger partial charge is 0.142 e. The summed E-state index contributed by atoms with van der Waals surface area (Å²) >= 11 is 7.41. The van der Waals surface area contributed by atoms with Crippen LogP contribution in [-0.4, -0.2) is 23.6 Å². The number of hydrogen-bond donors (Lipinski definition) is 0. The van der Waals surface area contributed by atoms with Crippen molar-refractivity contribution in [3.63, 3.8) is 0 Å². The highest BCUT2D eigenvalue weighted by atomic mass is 35.5. The molecule has 0 aromatic carbocycles. The molecular formula is C32H67ClP+. The van der Waals surface area contributed by atoms with Crippen LogP contribution in [0.4, 0.5) is 0 Å². The Morgan fingerprint density at radius 2 is 0.647 bits per heavy atom. The zero-order chi connectivity index (χ0) is 25.2. The fraction of sp³-hybridized carbons (Fsp3) is 1.00. The lowest BCUT2D eigenvalue weighted by molar-refractivity contribution is 0.546. The van der Waals surface area contributed by atoms with Crippen LogP contribution < -0.4 is 0 Å². The van der Waals surface area contributed by atoms with E-state index in [9.17, 15) is 0 Å². The molecule has 0 aliphatic carbocycles. The second-order valence-corrected chi connectivity index (χ2v) is 16.6. The minimum Gasteiger partial charge on any atom is -0.0787 e. The van der Waals surface area contributed by atoms with Crippen LogP contribution in [-0.2, 0) is 0 Å². The summed E-state index contributed by atoms with van der Waals surface area (Å²) in [7, 11) is -1.02. The molecule has 0 rings (SSSR count). The first kappa shape index (κ1) is 34.7. The summed E-state index contributed by atoms with van der Waals surface area (Å²) in [5, 5.41) is 0.510. The maximum atomic E-state index is 7.41. The zero-order valence-electron chi connectivity index (χ0n) is 24.5. The lowest BCUT2D eigenvalue weighted by Crippen LogP contribution is -2.19. The molecule has 0 aromatic heterocycles. The molecule has 34 heavy (non-hydrogen) atoms. The Labute approximate surface area is 223 Å². The van der Waals surface area contributed by atoms with Crippen molar-refractivity contribution in [2.75, 3.05) is 18.5 Å². The Morgan fingerprint density at radius 1 is 0.382 bits per heavy atom. The van der Waals surface area contributed by atoms with Crippen LogP contribution in [0.25, 0.3) is 0 Å². The van der Waals surface area contributed by atoms with Gasteiger partial charge in [0.15, 0.2) is 0 Å². The normalized spacial score (nSPS) is 13.0. The molecule has 0 amide bonds. The topological polar surface area (TPSA) is 0 Å². The van der Waals surface area contributed by atoms with Crippen molar-refractivity contribution >= 4 is 18.9 Å². The maximum Gasteiger partial charge on any atom is 0.142 e. The van der Waals surface area contributed by atoms with E-state index in [1.807, 2.05) is 0 Å². The molecule has 0 aliphatic heterocycles. The average molecular weight is 518 g/mol. The Hall–Kier alpha value is 0.720. The lowest BCUT2D eigenvalue weighted by atomic mass is 10.1. The quantitative estimate of drug-likeness (QED) is 0.0549. The number of unbranched alkanes of at least 4 members (excludes halogenated alkanes) is 19. The van der Waals surface area contributed by atoms with Gasteiger partial charge in [-0.3, -0.25) is 0 Å². The minimum atomic E-state index is -1.02. The van der Waals surface area contributed by atoms with E-state index in [0.717, 1.165) is 0 Å². The second kappa shape index (κ2) is 26.8. The van der Waals surface area contributed by atoms with Crippen LogP contribution in [0.2, 0.25) is 0 Å². The lowest BCUT2D eigenvalue weighted by Gasteiger charge is -2.32. The van der Waals surface area contributed by atoms with Crippen LogP contribution in [0, 0.1) is 0 Å². The number of rotatable bonds is 28. The van der Waals surface area contributed by atoms with Gasteiger partial charge in [-0.1, -0.05) is 142 Å². The van der Waals surface area contributed by atoms with Gasteiger partial charge in [0.05, 0.1) is 18.5 Å². The molecule has 0 aliphatic rings. The van der Waals surface area contributed by atoms with E-state index < -0.39 is 7.26 Å². The molecular weight excluding hydrogens is 451 g/mol. The predicted octanol–water partition coefficient (Wildman–Crippen LogP) is 13.0. The first-order valence-electron chi connectivity index (χ1n) is 16.2. The van der Waals surface area contributed by atoms with Crippen molar-refractivity contribution < 1.29 is 0 Å². The van der Waals surface area contributed by atoms with Crippen LogP contribution >= 0.6 is 18.9 Å². The van der Waals surface area contributed by atoms with Gasteiger partial charge in [0.1, 0.15) is 5.12 Å². The molecule has 0 N–H and O–H groups in total. The van der Waals surface area contributed by atoms with E-state index in [1.54, 1.807) is 0 Å². The molecule has 0 fully saturated rings. The molecule has 1 unspecified atom stereocenters. The van der Waals surface area contributed by atoms with E-state index >= 15 is 0 Å². The van der Waals surface area contributed by atoms with Gasteiger partial charge in [0, 0.05) is 7.26 Å². The minimum absolute atomic E-state index is 0.510. The zero-order valence-corrected chi connectivity index (χ0v) is 26.1. The first-order valence-corrected chi connectivity index (χ1v) is 19.0. The Morgan fingerprint density at radius 3 is 0.971 bits per heavy atom. The van der Waals surface area contributed by atoms with Gasteiger partial charge in [0.25, 0.3) is 0 Å². The molecule has 2 heteroatoms. The van der Waals surface area contributed by atoms with Crippen molar-refractivity contribution in [1.82, 2.24) is 0 Å². The molecule has 1 atom stereocenters. The van der Waals surface area contributed by atoms with Crippen LogP contribution in [0.15, 0.2) is 0 Å². The Kier molecular flexibility index (Phi) is 27.3. The summed E-state index contributed by atoms with van der Waals surface area (Å²) in [6, 6.07) is 0. The molecule has 0 nitrogen and oxygen atoms in total. The molecule has 0 heterocycles. The van der Waals surface area contributed by atoms with Gasteiger partial charge < -0.3 is 0 Å². The van der Waals surface area contributed by atoms with E-state index in [0.29, 0.717) is 5.12 Å². The number of alkyl halides is 1. The number of hydrogen-bond acceptors (Lipinski definition) is 0. The smallest absolute Gasteiger partial charge is 0.0787 e. The highest BCUT2D eigenvalue weighted by Gasteiger charge is 2.42. The summed E-state index contributed by atoms with van der Waals surface area (Å²) in [5.41, 5.74) is 0. The fourth-order valence-corrected chi connectivity index (χ4v) is 11.4. The van der Waals surface area contributed by atoms with Gasteiger partial charge in [-0.25, -0.2) is 0 Å². The van der Waals surface area contributed by atoms with Crippen molar-refractivity contribution in [2.45, 2.75) is 187 Å². The summed E-state index contributed by atoms with van der Waals surface area (Å²) in [4.78, 5) is 0. The van der Waals surface area contributed by atoms with E-state index in [2.05, 4.69) is 27.7 Å². The Balaban J connectivity index is 4.56. The van der Waals surface area contributed by atoms with Crippen LogP contribution in [0.5, 0.6) is 0 Å². The standard InChI is InChI=1S/C32H67ClP/c1-5-9-13-17-18-19-20-21-22-23-24-28-32(33)34(29-25-14-10-6-2,30-26-15-11-7-3)31-27-16-12-8-4/h32H,5-31H2,1-4H3/q+1. The molecule has 0 bridgehead atoms. The first-order chi connectivity index (χ1) is 16.7. The van der Waals surface area contributed by atoms with Gasteiger partial charge in [-0.05, 0) is 51.4 Å². The van der Waals surface area contributed by atoms with Crippen molar-refractivity contribution in [2.24, 2.45) is 0 Å². The Bertz CT molecular complexity index is 352. The predicted molar refractivity (Wildman–Crippen MR) is 165 cm³/mol. The molecule has 0 aromatic rings. The highest BCUT2D eigenvalue weighted by molar-refractivity contribution is 7.77. The van der Waals surface area contributed by atoms with Crippen molar-refractivity contribution in [3.05, 3.63) is 0 Å². The highest BCUT2D eigenvalue weighted by Crippen LogP contribution is 2.67. The summed E-state index contributed by atoms with van der Waals surface area (Å²) in [6.45, 7) is 9.33. The van der Waals surface area contributed by atoms with Crippen LogP contribution in [0.3, 0.4) is 0 Å². The molecule has 0 radical (unpaired) electrons. The fourth-order valence-electron chi connectivity index (χ4n) is 5.57. The van der Waals surface area contributed by atoms with Crippen molar-refractivity contribution in [1.29, 1.82) is 0 Å². The molecule has 0 spiro atoms. The summed E-state index contributed by atoms with van der Waals surface area (Å²) < 4.78 is 0. The van der Waals surface area contributed by atoms with Gasteiger partial charge in [-0.2, -0.15) is 0 Å². The molecule has 206 valence electrons. The van der Waals surface area contributed by atoms with Gasteiger partial charge >= 0.3 is 0 Å². The molecule has 0 saturated carbocycles. The van der Waals surface area contributed by atoms with E-state index in [1.165, 1.54) is 173 Å². The maximum absolute atomic E-state index is 7.41. The van der Waals surface area contributed by atoms with Crippen LogP contribution in [0.1, 0.15) is 182 Å². The third-order valence-corrected chi connectivity index (χ3v) is 14.5. The monoisotopic (exact) mass is 517 g/mol. The third kappa shape index (κ3) is 19.9. The second-order valence-electron chi connectivity index (χ2n) is 11.3. The SMILES string of the molecule is CCCCCCCCCCCCCC(Cl)[P+](CCCCCC)(CCCCCC)CCCCCC. The third-order valence-electron chi connectivity index (χ3n) is 8.01.